The molecule has 4 atom stereocenters. The van der Waals surface area contributed by atoms with E-state index in [1.807, 2.05) is 17.5 Å². The summed E-state index contributed by atoms with van der Waals surface area (Å²) in [6.45, 7) is 0.170. The number of aromatic nitrogens is 1. The summed E-state index contributed by atoms with van der Waals surface area (Å²) in [6.07, 6.45) is 3.68. The van der Waals surface area contributed by atoms with Crippen LogP contribution >= 0.6 is 23.1 Å². The smallest absolute Gasteiger partial charge is 0.327 e. The molecule has 2 unspecified atom stereocenters. The van der Waals surface area contributed by atoms with Gasteiger partial charge in [0.2, 0.25) is 11.8 Å². The maximum absolute atomic E-state index is 12.9. The first-order valence-corrected chi connectivity index (χ1v) is 14.4. The number of amides is 2. The van der Waals surface area contributed by atoms with Crippen LogP contribution in [-0.2, 0) is 20.8 Å². The Morgan fingerprint density at radius 3 is 2.88 bits per heavy atom. The Morgan fingerprint density at radius 2 is 2.08 bits per heavy atom. The number of aliphatic carboxylic acids is 1. The minimum absolute atomic E-state index is 0.170. The zero-order valence-electron chi connectivity index (χ0n) is 20.9. The summed E-state index contributed by atoms with van der Waals surface area (Å²) in [7, 11) is 0. The van der Waals surface area contributed by atoms with Gasteiger partial charge >= 0.3 is 5.97 Å². The number of carbonyl (C=O) groups excluding carboxylic acids is 2. The number of hydrogen-bond donors (Lipinski definition) is 2. The number of carboxylic acid groups (broad SMARTS) is 1. The van der Waals surface area contributed by atoms with Crippen LogP contribution in [0.25, 0.3) is 22.6 Å². The predicted molar refractivity (Wildman–Crippen MR) is 149 cm³/mol. The van der Waals surface area contributed by atoms with Gasteiger partial charge in [0.15, 0.2) is 16.8 Å². The molecule has 4 heterocycles. The van der Waals surface area contributed by atoms with Crippen molar-refractivity contribution in [3.63, 3.8) is 0 Å². The highest BCUT2D eigenvalue weighted by Gasteiger charge is 2.57. The molecule has 0 bridgehead atoms. The summed E-state index contributed by atoms with van der Waals surface area (Å²) in [5.74, 6) is -0.764. The van der Waals surface area contributed by atoms with Gasteiger partial charge in [0.25, 0.3) is 0 Å². The first kappa shape index (κ1) is 26.1. The van der Waals surface area contributed by atoms with Gasteiger partial charge < -0.3 is 24.5 Å². The van der Waals surface area contributed by atoms with Crippen molar-refractivity contribution in [2.45, 2.75) is 23.9 Å². The van der Waals surface area contributed by atoms with Crippen molar-refractivity contribution in [2.24, 2.45) is 5.92 Å². The third kappa shape index (κ3) is 5.07. The molecule has 2 amide bonds. The van der Waals surface area contributed by atoms with Crippen LogP contribution in [0, 0.1) is 5.92 Å². The van der Waals surface area contributed by atoms with Crippen LogP contribution in [0.1, 0.15) is 4.88 Å². The highest BCUT2D eigenvalue weighted by atomic mass is 32.2. The largest absolute Gasteiger partial charge is 0.489 e. The van der Waals surface area contributed by atoms with Gasteiger partial charge in [-0.25, -0.2) is 9.78 Å². The second kappa shape index (κ2) is 10.8. The SMILES string of the molecule is O=C(Cc1cccs1)N[C@@H]1C(=O)N2C(C(=O)O)C(/C=C\COc3ccc4nc5ccc(=O)cc-5oc4c3)CS[C@H]12. The second-order valence-corrected chi connectivity index (χ2v) is 11.6. The number of carboxylic acids is 1. The molecule has 2 aromatic rings. The number of benzene rings is 2. The van der Waals surface area contributed by atoms with E-state index in [0.717, 1.165) is 4.88 Å². The molecule has 0 radical (unpaired) electrons. The molecule has 2 saturated heterocycles. The van der Waals surface area contributed by atoms with Crippen molar-refractivity contribution in [1.82, 2.24) is 15.2 Å². The number of rotatable bonds is 8. The summed E-state index contributed by atoms with van der Waals surface area (Å²) < 4.78 is 11.6. The summed E-state index contributed by atoms with van der Waals surface area (Å²) in [5, 5.41) is 14.2. The van der Waals surface area contributed by atoms with Gasteiger partial charge in [0.1, 0.15) is 41.0 Å². The molecule has 4 aliphatic rings. The van der Waals surface area contributed by atoms with Gasteiger partial charge in [-0.3, -0.25) is 14.4 Å². The molecule has 2 fully saturated rings. The Bertz CT molecular complexity index is 1650. The number of thiophene rings is 1. The molecule has 0 spiro atoms. The highest BCUT2D eigenvalue weighted by Crippen LogP contribution is 2.41. The second-order valence-electron chi connectivity index (χ2n) is 9.43. The topological polar surface area (TPSA) is 139 Å². The Balaban J connectivity index is 1.08. The molecule has 12 heteroatoms. The lowest BCUT2D eigenvalue weighted by Crippen LogP contribution is -2.75. The third-order valence-electron chi connectivity index (χ3n) is 6.78. The van der Waals surface area contributed by atoms with Gasteiger partial charge in [-0.2, -0.15) is 0 Å². The lowest BCUT2D eigenvalue weighted by Gasteiger charge is -2.53. The van der Waals surface area contributed by atoms with E-state index in [1.165, 1.54) is 40.1 Å². The van der Waals surface area contributed by atoms with E-state index in [4.69, 9.17) is 9.15 Å². The number of carbonyl (C=O) groups is 3. The van der Waals surface area contributed by atoms with Crippen LogP contribution in [0.5, 0.6) is 5.75 Å². The summed E-state index contributed by atoms with van der Waals surface area (Å²) in [5.41, 5.74) is 1.49. The lowest BCUT2D eigenvalue weighted by molar-refractivity contribution is -0.164. The van der Waals surface area contributed by atoms with Crippen molar-refractivity contribution in [2.75, 3.05) is 12.4 Å². The van der Waals surface area contributed by atoms with E-state index >= 15 is 0 Å². The van der Waals surface area contributed by atoms with Gasteiger partial charge in [0.05, 0.1) is 6.42 Å². The van der Waals surface area contributed by atoms with Crippen molar-refractivity contribution >= 4 is 52.0 Å². The molecule has 0 saturated carbocycles. The third-order valence-corrected chi connectivity index (χ3v) is 9.08. The highest BCUT2D eigenvalue weighted by molar-refractivity contribution is 8.00. The first-order valence-electron chi connectivity index (χ1n) is 12.5. The quantitative estimate of drug-likeness (QED) is 0.184. The maximum Gasteiger partial charge on any atom is 0.327 e. The standard InChI is InChI=1S/C28H23N3O7S2/c32-16-5-7-19-21(11-16)38-22-12-17(6-8-20(22)29-19)37-9-1-3-15-14-40-27-24(26(34)31(27)25(15)28(35)36)30-23(33)13-18-4-2-10-39-18/h1-8,10-12,15,24-25,27H,9,13-14H2,(H,30,33)(H,35,36)/b3-1-/t15?,24-,25?,27-/m1/s1. The summed E-state index contributed by atoms with van der Waals surface area (Å²) in [6, 6.07) is 11.6. The molecular formula is C28H23N3O7S2. The summed E-state index contributed by atoms with van der Waals surface area (Å²) >= 11 is 2.92. The fourth-order valence-corrected chi connectivity index (χ4v) is 7.10. The van der Waals surface area contributed by atoms with Crippen LogP contribution in [0.15, 0.2) is 75.3 Å². The van der Waals surface area contributed by atoms with Crippen LogP contribution in [0.4, 0.5) is 0 Å². The summed E-state index contributed by atoms with van der Waals surface area (Å²) in [4.78, 5) is 55.8. The maximum atomic E-state index is 12.9. The fourth-order valence-electron chi connectivity index (χ4n) is 4.91. The number of hydrogen-bond acceptors (Lipinski definition) is 9. The van der Waals surface area contributed by atoms with E-state index in [9.17, 15) is 24.3 Å². The first-order chi connectivity index (χ1) is 19.4. The van der Waals surface area contributed by atoms with Crippen molar-refractivity contribution < 1.29 is 28.6 Å². The molecule has 6 rings (SSSR count). The average molecular weight is 578 g/mol. The van der Waals surface area contributed by atoms with Crippen LogP contribution < -0.4 is 15.5 Å². The average Bonchev–Trinajstić information content (AvgIpc) is 3.45. The number of nitrogens with zero attached hydrogens (tertiary/aromatic N) is 2. The van der Waals surface area contributed by atoms with Gasteiger partial charge in [-0.1, -0.05) is 18.2 Å². The number of nitrogens with one attached hydrogen (secondary N) is 1. The molecule has 1 aromatic carbocycles. The monoisotopic (exact) mass is 577 g/mol. The minimum atomic E-state index is -1.09. The number of thioether (sulfide) groups is 1. The molecule has 3 aliphatic heterocycles. The molecule has 1 aliphatic carbocycles. The van der Waals surface area contributed by atoms with Crippen LogP contribution in [0.3, 0.4) is 0 Å². The predicted octanol–water partition coefficient (Wildman–Crippen LogP) is 3.00. The Labute approximate surface area is 236 Å². The van der Waals surface area contributed by atoms with Gasteiger partial charge in [-0.15, -0.1) is 23.1 Å². The van der Waals surface area contributed by atoms with Gasteiger partial charge in [0, 0.05) is 28.7 Å². The van der Waals surface area contributed by atoms with Crippen molar-refractivity contribution in [3.8, 4) is 17.2 Å². The van der Waals surface area contributed by atoms with Crippen LogP contribution in [0.2, 0.25) is 0 Å². The van der Waals surface area contributed by atoms with Crippen molar-refractivity contribution in [3.05, 3.63) is 81.2 Å². The van der Waals surface area contributed by atoms with E-state index in [-0.39, 0.29) is 30.3 Å². The lowest BCUT2D eigenvalue weighted by atomic mass is 9.93. The molecule has 204 valence electrons. The minimum Gasteiger partial charge on any atom is -0.489 e. The fraction of sp³-hybridized carbons (Fsp3) is 0.250. The zero-order chi connectivity index (χ0) is 27.8. The number of β-lactam (4-membered cyclic amide) rings is 1. The Hall–Kier alpha value is -4.16. The Morgan fingerprint density at radius 1 is 1.20 bits per heavy atom. The van der Waals surface area contributed by atoms with E-state index in [0.29, 0.717) is 34.1 Å². The molecule has 1 aromatic heterocycles. The van der Waals surface area contributed by atoms with Crippen LogP contribution in [-0.4, -0.2) is 62.6 Å². The van der Waals surface area contributed by atoms with Crippen molar-refractivity contribution in [1.29, 1.82) is 0 Å². The van der Waals surface area contributed by atoms with E-state index in [2.05, 4.69) is 10.3 Å². The van der Waals surface area contributed by atoms with E-state index < -0.39 is 29.3 Å². The normalized spacial score (nSPS) is 22.3. The Kier molecular flexibility index (Phi) is 7.03. The molecular weight excluding hydrogens is 554 g/mol. The van der Waals surface area contributed by atoms with E-state index in [1.54, 1.807) is 36.4 Å². The van der Waals surface area contributed by atoms with Gasteiger partial charge in [-0.05, 0) is 35.7 Å². The molecule has 2 N–H and O–H groups in total. The molecule has 10 nitrogen and oxygen atoms in total. The number of ether oxygens (including phenoxy) is 1. The number of fused-ring (bicyclic) bond motifs is 3. The zero-order valence-corrected chi connectivity index (χ0v) is 22.5. The molecule has 40 heavy (non-hydrogen) atoms.